The van der Waals surface area contributed by atoms with Gasteiger partial charge in [-0.3, -0.25) is 4.68 Å². The van der Waals surface area contributed by atoms with Crippen LogP contribution in [0.3, 0.4) is 0 Å². The van der Waals surface area contributed by atoms with Crippen molar-refractivity contribution in [2.75, 3.05) is 5.32 Å². The number of aromatic nitrogens is 2. The van der Waals surface area contributed by atoms with Gasteiger partial charge in [0.2, 0.25) is 0 Å². The van der Waals surface area contributed by atoms with Crippen molar-refractivity contribution >= 4 is 17.3 Å². The summed E-state index contributed by atoms with van der Waals surface area (Å²) in [6.07, 6.45) is -0.914. The number of hydrogen-bond acceptors (Lipinski definition) is 2. The molecule has 0 saturated carbocycles. The second-order valence-corrected chi connectivity index (χ2v) is 5.38. The lowest BCUT2D eigenvalue weighted by Gasteiger charge is -2.12. The van der Waals surface area contributed by atoms with E-state index in [1.807, 2.05) is 20.0 Å². The van der Waals surface area contributed by atoms with Crippen LogP contribution in [0.5, 0.6) is 0 Å². The van der Waals surface area contributed by atoms with E-state index in [1.54, 1.807) is 10.9 Å². The summed E-state index contributed by atoms with van der Waals surface area (Å²) in [5, 5.41) is 6.81. The normalized spacial score (nSPS) is 12.0. The number of rotatable bonds is 4. The molecule has 1 N–H and O–H groups in total. The van der Waals surface area contributed by atoms with Crippen LogP contribution in [0, 0.1) is 0 Å². The molecule has 0 atom stereocenters. The van der Waals surface area contributed by atoms with Crippen molar-refractivity contribution in [1.29, 1.82) is 0 Å². The molecule has 0 bridgehead atoms. The second-order valence-electron chi connectivity index (χ2n) is 4.97. The van der Waals surface area contributed by atoms with Crippen LogP contribution in [0.4, 0.5) is 18.9 Å². The maximum Gasteiger partial charge on any atom is 0.417 e. The molecule has 0 aliphatic rings. The maximum atomic E-state index is 12.8. The third-order valence-electron chi connectivity index (χ3n) is 2.95. The molecule has 0 fully saturated rings. The summed E-state index contributed by atoms with van der Waals surface area (Å²) in [7, 11) is 0. The third kappa shape index (κ3) is 3.91. The molecule has 0 unspecified atom stereocenters. The maximum absolute atomic E-state index is 12.8. The average Bonchev–Trinajstić information content (AvgIpc) is 2.85. The van der Waals surface area contributed by atoms with Crippen LogP contribution in [0.25, 0.3) is 0 Å². The standard InChI is InChI=1S/C14H15ClF3N3/c1-9(2)21-8-10(7-20-21)6-19-11-3-4-13(15)12(5-11)14(16,17)18/h3-5,7-9,19H,6H2,1-2H3. The van der Waals surface area contributed by atoms with Gasteiger partial charge in [0.25, 0.3) is 0 Å². The minimum atomic E-state index is -4.46. The van der Waals surface area contributed by atoms with Crippen molar-refractivity contribution in [2.24, 2.45) is 0 Å². The van der Waals surface area contributed by atoms with Gasteiger partial charge in [0.1, 0.15) is 0 Å². The molecule has 2 rings (SSSR count). The first-order valence-corrected chi connectivity index (χ1v) is 6.79. The SMILES string of the molecule is CC(C)n1cc(CNc2ccc(Cl)c(C(F)(F)F)c2)cn1. The molecule has 1 aromatic heterocycles. The lowest BCUT2D eigenvalue weighted by atomic mass is 10.2. The Balaban J connectivity index is 2.09. The molecule has 0 amide bonds. The molecule has 0 saturated heterocycles. The monoisotopic (exact) mass is 317 g/mol. The summed E-state index contributed by atoms with van der Waals surface area (Å²) in [4.78, 5) is 0. The molecule has 114 valence electrons. The lowest BCUT2D eigenvalue weighted by Crippen LogP contribution is -2.07. The van der Waals surface area contributed by atoms with Gasteiger partial charge >= 0.3 is 6.18 Å². The van der Waals surface area contributed by atoms with Gasteiger partial charge in [0, 0.05) is 30.0 Å². The first kappa shape index (κ1) is 15.7. The number of halogens is 4. The predicted molar refractivity (Wildman–Crippen MR) is 76.4 cm³/mol. The fraction of sp³-hybridized carbons (Fsp3) is 0.357. The molecule has 0 aliphatic carbocycles. The summed E-state index contributed by atoms with van der Waals surface area (Å²) in [6.45, 7) is 4.39. The number of nitrogens with one attached hydrogen (secondary N) is 1. The Morgan fingerprint density at radius 3 is 2.62 bits per heavy atom. The van der Waals surface area contributed by atoms with Crippen LogP contribution in [-0.4, -0.2) is 9.78 Å². The molecule has 1 heterocycles. The van der Waals surface area contributed by atoms with Crippen molar-refractivity contribution in [3.8, 4) is 0 Å². The topological polar surface area (TPSA) is 29.9 Å². The first-order valence-electron chi connectivity index (χ1n) is 6.41. The van der Waals surface area contributed by atoms with Crippen molar-refractivity contribution in [1.82, 2.24) is 9.78 Å². The van der Waals surface area contributed by atoms with Crippen molar-refractivity contribution in [3.63, 3.8) is 0 Å². The number of benzene rings is 1. The van der Waals surface area contributed by atoms with Gasteiger partial charge in [-0.25, -0.2) is 0 Å². The van der Waals surface area contributed by atoms with E-state index in [9.17, 15) is 13.2 Å². The molecule has 3 nitrogen and oxygen atoms in total. The van der Waals surface area contributed by atoms with E-state index < -0.39 is 11.7 Å². The van der Waals surface area contributed by atoms with E-state index in [0.29, 0.717) is 12.2 Å². The van der Waals surface area contributed by atoms with Crippen LogP contribution in [0.1, 0.15) is 31.0 Å². The Labute approximate surface area is 125 Å². The summed E-state index contributed by atoms with van der Waals surface area (Å²) < 4.78 is 40.1. The summed E-state index contributed by atoms with van der Waals surface area (Å²) in [6, 6.07) is 4.01. The number of alkyl halides is 3. The second kappa shape index (κ2) is 5.97. The molecular formula is C14H15ClF3N3. The number of anilines is 1. The highest BCUT2D eigenvalue weighted by Crippen LogP contribution is 2.36. The Hall–Kier alpha value is -1.69. The zero-order chi connectivity index (χ0) is 15.6. The minimum absolute atomic E-state index is 0.242. The van der Waals surface area contributed by atoms with Crippen LogP contribution in [0.15, 0.2) is 30.6 Å². The highest BCUT2D eigenvalue weighted by atomic mass is 35.5. The zero-order valence-corrected chi connectivity index (χ0v) is 12.3. The van der Waals surface area contributed by atoms with E-state index >= 15 is 0 Å². The summed E-state index contributed by atoms with van der Waals surface area (Å²) >= 11 is 5.58. The number of nitrogens with zero attached hydrogens (tertiary/aromatic N) is 2. The van der Waals surface area contributed by atoms with E-state index in [0.717, 1.165) is 11.6 Å². The highest BCUT2D eigenvalue weighted by molar-refractivity contribution is 6.31. The van der Waals surface area contributed by atoms with Gasteiger partial charge < -0.3 is 5.32 Å². The highest BCUT2D eigenvalue weighted by Gasteiger charge is 2.33. The van der Waals surface area contributed by atoms with Crippen molar-refractivity contribution < 1.29 is 13.2 Å². The first-order chi connectivity index (χ1) is 9.77. The molecule has 1 aromatic carbocycles. The predicted octanol–water partition coefficient (Wildman–Crippen LogP) is 4.75. The Bertz CT molecular complexity index is 620. The van der Waals surface area contributed by atoms with E-state index in [-0.39, 0.29) is 11.1 Å². The van der Waals surface area contributed by atoms with Gasteiger partial charge in [-0.15, -0.1) is 0 Å². The smallest absolute Gasteiger partial charge is 0.381 e. The van der Waals surface area contributed by atoms with Gasteiger partial charge in [-0.1, -0.05) is 11.6 Å². The molecule has 0 spiro atoms. The molecule has 0 aliphatic heterocycles. The van der Waals surface area contributed by atoms with Crippen LogP contribution < -0.4 is 5.32 Å². The van der Waals surface area contributed by atoms with E-state index in [1.165, 1.54) is 12.1 Å². The largest absolute Gasteiger partial charge is 0.417 e. The molecule has 2 aromatic rings. The average molecular weight is 318 g/mol. The fourth-order valence-electron chi connectivity index (χ4n) is 1.81. The van der Waals surface area contributed by atoms with Gasteiger partial charge in [-0.2, -0.15) is 18.3 Å². The molecule has 0 radical (unpaired) electrons. The third-order valence-corrected chi connectivity index (χ3v) is 3.28. The Kier molecular flexibility index (Phi) is 4.46. The molecule has 7 heteroatoms. The number of hydrogen-bond donors (Lipinski definition) is 1. The minimum Gasteiger partial charge on any atom is -0.381 e. The van der Waals surface area contributed by atoms with E-state index in [4.69, 9.17) is 11.6 Å². The molecule has 21 heavy (non-hydrogen) atoms. The summed E-state index contributed by atoms with van der Waals surface area (Å²) in [5.41, 5.74) is 0.420. The molecular weight excluding hydrogens is 303 g/mol. The van der Waals surface area contributed by atoms with Crippen LogP contribution >= 0.6 is 11.6 Å². The van der Waals surface area contributed by atoms with Gasteiger partial charge in [-0.05, 0) is 32.0 Å². The van der Waals surface area contributed by atoms with Crippen LogP contribution in [0.2, 0.25) is 5.02 Å². The van der Waals surface area contributed by atoms with Gasteiger partial charge in [0.15, 0.2) is 0 Å². The quantitative estimate of drug-likeness (QED) is 0.882. The summed E-state index contributed by atoms with van der Waals surface area (Å²) in [5.74, 6) is 0. The lowest BCUT2D eigenvalue weighted by molar-refractivity contribution is -0.137. The Morgan fingerprint density at radius 2 is 2.05 bits per heavy atom. The van der Waals surface area contributed by atoms with Crippen LogP contribution in [-0.2, 0) is 12.7 Å². The van der Waals surface area contributed by atoms with Crippen molar-refractivity contribution in [3.05, 3.63) is 46.7 Å². The van der Waals surface area contributed by atoms with Crippen molar-refractivity contribution in [2.45, 2.75) is 32.6 Å². The van der Waals surface area contributed by atoms with Gasteiger partial charge in [0.05, 0.1) is 16.8 Å². The van der Waals surface area contributed by atoms with E-state index in [2.05, 4.69) is 10.4 Å². The fourth-order valence-corrected chi connectivity index (χ4v) is 2.03. The Morgan fingerprint density at radius 1 is 1.33 bits per heavy atom. The zero-order valence-electron chi connectivity index (χ0n) is 11.6.